The molecule has 6 heteroatoms. The van der Waals surface area contributed by atoms with Crippen molar-refractivity contribution in [2.45, 2.75) is 84.7 Å². The summed E-state index contributed by atoms with van der Waals surface area (Å²) in [5, 5.41) is 15.8. The lowest BCUT2D eigenvalue weighted by Crippen LogP contribution is -2.43. The molecule has 6 nitrogen and oxygen atoms in total. The topological polar surface area (TPSA) is 67.1 Å². The maximum Gasteiger partial charge on any atom is 0.191 e. The predicted octanol–water partition coefficient (Wildman–Crippen LogP) is 3.28. The van der Waals surface area contributed by atoms with Crippen LogP contribution < -0.4 is 10.6 Å². The molecule has 146 valence electrons. The monoisotopic (exact) mass is 360 g/mol. The van der Waals surface area contributed by atoms with Crippen molar-refractivity contribution in [2.24, 2.45) is 16.3 Å². The minimum atomic E-state index is 0.442. The summed E-state index contributed by atoms with van der Waals surface area (Å²) in [7, 11) is 1.85. The zero-order valence-corrected chi connectivity index (χ0v) is 16.9. The van der Waals surface area contributed by atoms with Crippen LogP contribution in [0.5, 0.6) is 0 Å². The lowest BCUT2D eigenvalue weighted by atomic mass is 9.78. The molecule has 3 rings (SSSR count). The van der Waals surface area contributed by atoms with Gasteiger partial charge < -0.3 is 15.2 Å². The van der Waals surface area contributed by atoms with Crippen molar-refractivity contribution in [3.05, 3.63) is 11.6 Å². The van der Waals surface area contributed by atoms with Crippen molar-refractivity contribution >= 4 is 5.96 Å². The predicted molar refractivity (Wildman–Crippen MR) is 106 cm³/mol. The minimum Gasteiger partial charge on any atom is -0.356 e. The number of nitrogens with one attached hydrogen (secondary N) is 2. The van der Waals surface area contributed by atoms with Gasteiger partial charge in [0.1, 0.15) is 5.82 Å². The Kier molecular flexibility index (Phi) is 6.54. The summed E-state index contributed by atoms with van der Waals surface area (Å²) in [6.45, 7) is 7.42. The van der Waals surface area contributed by atoms with E-state index in [0.29, 0.717) is 12.0 Å². The Hall–Kier alpha value is -1.59. The highest BCUT2D eigenvalue weighted by Crippen LogP contribution is 2.42. The molecule has 0 aromatic carbocycles. The van der Waals surface area contributed by atoms with E-state index in [4.69, 9.17) is 0 Å². The lowest BCUT2D eigenvalue weighted by Gasteiger charge is -2.31. The Balaban J connectivity index is 1.54. The third-order valence-corrected chi connectivity index (χ3v) is 5.96. The summed E-state index contributed by atoms with van der Waals surface area (Å²) in [5.74, 6) is 3.80. The maximum absolute atomic E-state index is 4.43. The van der Waals surface area contributed by atoms with Crippen molar-refractivity contribution in [3.63, 3.8) is 0 Å². The number of fused-ring (bicyclic) bond motifs is 1. The van der Waals surface area contributed by atoms with E-state index in [0.717, 1.165) is 43.0 Å². The fraction of sp³-hybridized carbons (Fsp3) is 0.850. The second-order valence-electron chi connectivity index (χ2n) is 8.58. The van der Waals surface area contributed by atoms with Gasteiger partial charge in [-0.2, -0.15) is 0 Å². The number of guanidine groups is 1. The van der Waals surface area contributed by atoms with Gasteiger partial charge in [-0.15, -0.1) is 10.2 Å². The molecule has 1 aliphatic heterocycles. The van der Waals surface area contributed by atoms with E-state index in [9.17, 15) is 0 Å². The molecule has 26 heavy (non-hydrogen) atoms. The Morgan fingerprint density at radius 3 is 2.65 bits per heavy atom. The molecule has 0 spiro atoms. The van der Waals surface area contributed by atoms with Gasteiger partial charge in [0.2, 0.25) is 0 Å². The Labute approximate surface area is 158 Å². The molecular formula is C20H36N6. The van der Waals surface area contributed by atoms with Gasteiger partial charge in [0.25, 0.3) is 0 Å². The average Bonchev–Trinajstić information content (AvgIpc) is 3.15. The molecule has 0 bridgehead atoms. The van der Waals surface area contributed by atoms with Crippen LogP contribution in [-0.2, 0) is 19.5 Å². The van der Waals surface area contributed by atoms with Crippen LogP contribution in [0.2, 0.25) is 0 Å². The minimum absolute atomic E-state index is 0.442. The van der Waals surface area contributed by atoms with Crippen molar-refractivity contribution in [2.75, 3.05) is 13.6 Å². The fourth-order valence-electron chi connectivity index (χ4n) is 4.77. The first-order valence-corrected chi connectivity index (χ1v) is 10.5. The Bertz CT molecular complexity index is 597. The molecule has 2 aliphatic rings. The van der Waals surface area contributed by atoms with Gasteiger partial charge in [0, 0.05) is 26.6 Å². The highest BCUT2D eigenvalue weighted by atomic mass is 15.3. The third-order valence-electron chi connectivity index (χ3n) is 5.96. The van der Waals surface area contributed by atoms with Crippen molar-refractivity contribution < 1.29 is 0 Å². The first-order chi connectivity index (χ1) is 12.6. The third kappa shape index (κ3) is 4.77. The first-order valence-electron chi connectivity index (χ1n) is 10.5. The van der Waals surface area contributed by atoms with Crippen molar-refractivity contribution in [1.29, 1.82) is 0 Å². The van der Waals surface area contributed by atoms with E-state index in [-0.39, 0.29) is 0 Å². The van der Waals surface area contributed by atoms with Crippen LogP contribution in [-0.4, -0.2) is 34.3 Å². The van der Waals surface area contributed by atoms with Crippen molar-refractivity contribution in [3.8, 4) is 0 Å². The summed E-state index contributed by atoms with van der Waals surface area (Å²) < 4.78 is 2.30. The molecule has 1 aromatic rings. The van der Waals surface area contributed by atoms with E-state index in [2.05, 4.69) is 44.2 Å². The molecule has 0 radical (unpaired) electrons. The van der Waals surface area contributed by atoms with Crippen LogP contribution in [0.1, 0.15) is 76.9 Å². The number of aliphatic imine (C=N–C) groups is 1. The maximum atomic E-state index is 4.43. The van der Waals surface area contributed by atoms with Crippen LogP contribution in [0.4, 0.5) is 0 Å². The molecule has 0 saturated heterocycles. The van der Waals surface area contributed by atoms with E-state index in [1.807, 2.05) is 7.05 Å². The molecule has 1 aliphatic carbocycles. The molecule has 2 N–H and O–H groups in total. The fourth-order valence-corrected chi connectivity index (χ4v) is 4.77. The van der Waals surface area contributed by atoms with Gasteiger partial charge in [-0.1, -0.05) is 33.1 Å². The second kappa shape index (κ2) is 8.87. The van der Waals surface area contributed by atoms with E-state index >= 15 is 0 Å². The highest BCUT2D eigenvalue weighted by Gasteiger charge is 2.34. The largest absolute Gasteiger partial charge is 0.356 e. The van der Waals surface area contributed by atoms with Crippen LogP contribution in [0.3, 0.4) is 0 Å². The van der Waals surface area contributed by atoms with Gasteiger partial charge >= 0.3 is 0 Å². The Morgan fingerprint density at radius 1 is 1.12 bits per heavy atom. The zero-order chi connectivity index (χ0) is 18.4. The average molecular weight is 361 g/mol. The smallest absolute Gasteiger partial charge is 0.191 e. The lowest BCUT2D eigenvalue weighted by molar-refractivity contribution is 0.234. The number of aryl methyl sites for hydroxylation is 1. The SMILES string of the molecule is CN=C(NCc1nnc2n1CCCCC2)NCC1(CC(C)C)CCCC1. The number of aromatic nitrogens is 3. The van der Waals surface area contributed by atoms with E-state index in [1.165, 1.54) is 51.4 Å². The zero-order valence-electron chi connectivity index (χ0n) is 16.9. The van der Waals surface area contributed by atoms with Gasteiger partial charge in [-0.05, 0) is 43.4 Å². The summed E-state index contributed by atoms with van der Waals surface area (Å²) in [6, 6.07) is 0. The van der Waals surface area contributed by atoms with Crippen LogP contribution in [0.25, 0.3) is 0 Å². The van der Waals surface area contributed by atoms with Crippen LogP contribution >= 0.6 is 0 Å². The number of hydrogen-bond acceptors (Lipinski definition) is 3. The molecule has 1 saturated carbocycles. The van der Waals surface area contributed by atoms with Gasteiger partial charge in [0.05, 0.1) is 6.54 Å². The summed E-state index contributed by atoms with van der Waals surface area (Å²) in [4.78, 5) is 4.43. The molecule has 1 fully saturated rings. The molecule has 0 atom stereocenters. The number of rotatable bonds is 6. The molecule has 0 unspecified atom stereocenters. The van der Waals surface area contributed by atoms with Gasteiger partial charge in [-0.3, -0.25) is 4.99 Å². The first kappa shape index (κ1) is 19.2. The molecule has 1 aromatic heterocycles. The van der Waals surface area contributed by atoms with Crippen LogP contribution in [0, 0.1) is 11.3 Å². The summed E-state index contributed by atoms with van der Waals surface area (Å²) in [5.41, 5.74) is 0.442. The highest BCUT2D eigenvalue weighted by molar-refractivity contribution is 5.79. The standard InChI is InChI=1S/C20H36N6/c1-16(2)13-20(10-6-7-11-20)15-23-19(21-3)22-14-18-25-24-17-9-5-4-8-12-26(17)18/h16H,4-15H2,1-3H3,(H2,21,22,23). The van der Waals surface area contributed by atoms with Gasteiger partial charge in [-0.25, -0.2) is 0 Å². The second-order valence-corrected chi connectivity index (χ2v) is 8.58. The van der Waals surface area contributed by atoms with Crippen molar-refractivity contribution in [1.82, 2.24) is 25.4 Å². The van der Waals surface area contributed by atoms with E-state index < -0.39 is 0 Å². The molecule has 0 amide bonds. The quantitative estimate of drug-likeness (QED) is 0.603. The molecular weight excluding hydrogens is 324 g/mol. The molecule has 2 heterocycles. The number of nitrogens with zero attached hydrogens (tertiary/aromatic N) is 4. The normalized spacial score (nSPS) is 20.1. The summed E-state index contributed by atoms with van der Waals surface area (Å²) in [6.07, 6.45) is 11.5. The summed E-state index contributed by atoms with van der Waals surface area (Å²) >= 11 is 0. The van der Waals surface area contributed by atoms with Crippen LogP contribution in [0.15, 0.2) is 4.99 Å². The Morgan fingerprint density at radius 2 is 1.92 bits per heavy atom. The number of hydrogen-bond donors (Lipinski definition) is 2. The van der Waals surface area contributed by atoms with E-state index in [1.54, 1.807) is 0 Å². The van der Waals surface area contributed by atoms with Gasteiger partial charge in [0.15, 0.2) is 11.8 Å².